The second-order valence-corrected chi connectivity index (χ2v) is 5.09. The molecule has 1 heterocycles. The fourth-order valence-corrected chi connectivity index (χ4v) is 2.40. The lowest BCUT2D eigenvalue weighted by molar-refractivity contribution is 0.0928. The van der Waals surface area contributed by atoms with E-state index in [1.807, 2.05) is 6.92 Å². The van der Waals surface area contributed by atoms with Crippen LogP contribution in [0.2, 0.25) is 5.02 Å². The summed E-state index contributed by atoms with van der Waals surface area (Å²) in [7, 11) is 0. The fraction of sp³-hybridized carbons (Fsp3) is 0.462. The molecule has 1 aromatic rings. The quantitative estimate of drug-likeness (QED) is 0.783. The van der Waals surface area contributed by atoms with Gasteiger partial charge in [-0.3, -0.25) is 4.79 Å². The van der Waals surface area contributed by atoms with Gasteiger partial charge in [0.15, 0.2) is 0 Å². The van der Waals surface area contributed by atoms with Crippen molar-refractivity contribution in [3.63, 3.8) is 0 Å². The Morgan fingerprint density at radius 2 is 2.39 bits per heavy atom. The van der Waals surface area contributed by atoms with Gasteiger partial charge in [0.05, 0.1) is 10.6 Å². The van der Waals surface area contributed by atoms with Crippen molar-refractivity contribution in [1.29, 1.82) is 0 Å². The second-order valence-electron chi connectivity index (χ2n) is 4.68. The summed E-state index contributed by atoms with van der Waals surface area (Å²) < 4.78 is 0. The number of amides is 1. The van der Waals surface area contributed by atoms with Gasteiger partial charge >= 0.3 is 0 Å². The molecule has 5 heteroatoms. The number of rotatable bonds is 3. The number of carbonyl (C=O) groups excluding carboxylic acids is 1. The van der Waals surface area contributed by atoms with E-state index in [0.717, 1.165) is 19.5 Å². The van der Waals surface area contributed by atoms with Crippen LogP contribution in [0.4, 0.5) is 0 Å². The molecule has 0 aliphatic carbocycles. The number of halogens is 1. The van der Waals surface area contributed by atoms with Crippen LogP contribution in [0, 0.1) is 5.92 Å². The van der Waals surface area contributed by atoms with Crippen LogP contribution in [-0.4, -0.2) is 30.1 Å². The molecule has 1 saturated heterocycles. The summed E-state index contributed by atoms with van der Waals surface area (Å²) >= 11 is 5.95. The highest BCUT2D eigenvalue weighted by Gasteiger charge is 2.23. The molecule has 18 heavy (non-hydrogen) atoms. The highest BCUT2D eigenvalue weighted by Crippen LogP contribution is 2.21. The van der Waals surface area contributed by atoms with Gasteiger partial charge in [0.1, 0.15) is 5.75 Å². The van der Waals surface area contributed by atoms with Crippen molar-refractivity contribution in [2.45, 2.75) is 19.4 Å². The zero-order chi connectivity index (χ0) is 13.1. The predicted molar refractivity (Wildman–Crippen MR) is 71.0 cm³/mol. The summed E-state index contributed by atoms with van der Waals surface area (Å²) in [4.78, 5) is 12.1. The molecular formula is C13H17ClN2O2. The molecule has 3 N–H and O–H groups in total. The van der Waals surface area contributed by atoms with Gasteiger partial charge in [-0.05, 0) is 50.6 Å². The largest absolute Gasteiger partial charge is 0.508 e. The number of carbonyl (C=O) groups is 1. The number of phenols is 1. The molecule has 2 atom stereocenters. The van der Waals surface area contributed by atoms with Crippen molar-refractivity contribution in [1.82, 2.24) is 10.6 Å². The summed E-state index contributed by atoms with van der Waals surface area (Å²) in [5.74, 6) is 0.250. The molecule has 1 aromatic carbocycles. The third-order valence-corrected chi connectivity index (χ3v) is 3.69. The van der Waals surface area contributed by atoms with E-state index in [-0.39, 0.29) is 17.7 Å². The standard InChI is InChI=1S/C13H17ClN2O2/c1-8(9-4-5-15-7-9)16-13(18)11-6-10(17)2-3-12(11)14/h2-3,6,8-9,15,17H,4-5,7H2,1H3,(H,16,18). The maximum Gasteiger partial charge on any atom is 0.253 e. The van der Waals surface area contributed by atoms with Gasteiger partial charge < -0.3 is 15.7 Å². The van der Waals surface area contributed by atoms with E-state index in [4.69, 9.17) is 11.6 Å². The lowest BCUT2D eigenvalue weighted by atomic mass is 10.0. The smallest absolute Gasteiger partial charge is 0.253 e. The van der Waals surface area contributed by atoms with Crippen LogP contribution in [-0.2, 0) is 0 Å². The number of hydrogen-bond donors (Lipinski definition) is 3. The van der Waals surface area contributed by atoms with E-state index in [2.05, 4.69) is 10.6 Å². The molecule has 0 spiro atoms. The van der Waals surface area contributed by atoms with Crippen molar-refractivity contribution in [2.75, 3.05) is 13.1 Å². The summed E-state index contributed by atoms with van der Waals surface area (Å²) in [5, 5.41) is 15.9. The van der Waals surface area contributed by atoms with Gasteiger partial charge in [-0.2, -0.15) is 0 Å². The number of hydrogen-bond acceptors (Lipinski definition) is 3. The van der Waals surface area contributed by atoms with Crippen molar-refractivity contribution >= 4 is 17.5 Å². The predicted octanol–water partition coefficient (Wildman–Crippen LogP) is 1.77. The van der Waals surface area contributed by atoms with E-state index in [0.29, 0.717) is 16.5 Å². The highest BCUT2D eigenvalue weighted by molar-refractivity contribution is 6.33. The zero-order valence-corrected chi connectivity index (χ0v) is 11.0. The minimum Gasteiger partial charge on any atom is -0.508 e. The second kappa shape index (κ2) is 5.59. The molecule has 0 saturated carbocycles. The van der Waals surface area contributed by atoms with Crippen molar-refractivity contribution in [2.24, 2.45) is 5.92 Å². The third kappa shape index (κ3) is 2.94. The molecule has 1 aliphatic rings. The Morgan fingerprint density at radius 1 is 1.61 bits per heavy atom. The Morgan fingerprint density at radius 3 is 3.06 bits per heavy atom. The summed E-state index contributed by atoms with van der Waals surface area (Å²) in [5.41, 5.74) is 0.314. The molecule has 2 unspecified atom stereocenters. The lowest BCUT2D eigenvalue weighted by Gasteiger charge is -2.20. The van der Waals surface area contributed by atoms with Gasteiger partial charge in [0.2, 0.25) is 0 Å². The first-order chi connectivity index (χ1) is 8.58. The Kier molecular flexibility index (Phi) is 4.09. The summed E-state index contributed by atoms with van der Waals surface area (Å²) in [6.45, 7) is 3.92. The number of nitrogens with one attached hydrogen (secondary N) is 2. The van der Waals surface area contributed by atoms with E-state index in [1.54, 1.807) is 0 Å². The fourth-order valence-electron chi connectivity index (χ4n) is 2.19. The first kappa shape index (κ1) is 13.2. The maximum atomic E-state index is 12.1. The van der Waals surface area contributed by atoms with Gasteiger partial charge in [0.25, 0.3) is 5.91 Å². The average molecular weight is 269 g/mol. The van der Waals surface area contributed by atoms with Crippen LogP contribution in [0.5, 0.6) is 5.75 Å². The minimum atomic E-state index is -0.240. The van der Waals surface area contributed by atoms with E-state index >= 15 is 0 Å². The normalized spacial score (nSPS) is 20.7. The topological polar surface area (TPSA) is 61.4 Å². The lowest BCUT2D eigenvalue weighted by Crippen LogP contribution is -2.39. The van der Waals surface area contributed by atoms with E-state index in [9.17, 15) is 9.90 Å². The summed E-state index contributed by atoms with van der Waals surface area (Å²) in [6, 6.07) is 4.46. The molecule has 1 fully saturated rings. The molecule has 98 valence electrons. The molecule has 1 aliphatic heterocycles. The van der Waals surface area contributed by atoms with E-state index in [1.165, 1.54) is 18.2 Å². The van der Waals surface area contributed by atoms with Crippen molar-refractivity contribution in [3.05, 3.63) is 28.8 Å². The van der Waals surface area contributed by atoms with Crippen LogP contribution in [0.1, 0.15) is 23.7 Å². The highest BCUT2D eigenvalue weighted by atomic mass is 35.5. The van der Waals surface area contributed by atoms with Gasteiger partial charge in [-0.15, -0.1) is 0 Å². The average Bonchev–Trinajstić information content (AvgIpc) is 2.85. The van der Waals surface area contributed by atoms with Crippen LogP contribution in [0.3, 0.4) is 0 Å². The Hall–Kier alpha value is -1.26. The van der Waals surface area contributed by atoms with E-state index < -0.39 is 0 Å². The van der Waals surface area contributed by atoms with Crippen LogP contribution in [0.25, 0.3) is 0 Å². The van der Waals surface area contributed by atoms with Crippen LogP contribution < -0.4 is 10.6 Å². The number of aromatic hydroxyl groups is 1. The molecule has 1 amide bonds. The molecule has 0 radical (unpaired) electrons. The summed E-state index contributed by atoms with van der Waals surface area (Å²) in [6.07, 6.45) is 1.06. The van der Waals surface area contributed by atoms with Gasteiger partial charge in [-0.1, -0.05) is 11.6 Å². The monoisotopic (exact) mass is 268 g/mol. The SMILES string of the molecule is CC(NC(=O)c1cc(O)ccc1Cl)C1CCNC1. The molecular weight excluding hydrogens is 252 g/mol. The Labute approximate surface area is 111 Å². The first-order valence-electron chi connectivity index (χ1n) is 6.08. The molecule has 2 rings (SSSR count). The van der Waals surface area contributed by atoms with Crippen molar-refractivity contribution in [3.8, 4) is 5.75 Å². The Balaban J connectivity index is 2.04. The first-order valence-corrected chi connectivity index (χ1v) is 6.46. The maximum absolute atomic E-state index is 12.1. The Bertz CT molecular complexity index is 445. The molecule has 0 bridgehead atoms. The van der Waals surface area contributed by atoms with Crippen LogP contribution >= 0.6 is 11.6 Å². The van der Waals surface area contributed by atoms with Crippen molar-refractivity contribution < 1.29 is 9.90 Å². The zero-order valence-electron chi connectivity index (χ0n) is 10.2. The third-order valence-electron chi connectivity index (χ3n) is 3.36. The minimum absolute atomic E-state index is 0.0414. The van der Waals surface area contributed by atoms with Gasteiger partial charge in [-0.25, -0.2) is 0 Å². The van der Waals surface area contributed by atoms with Crippen LogP contribution in [0.15, 0.2) is 18.2 Å². The molecule has 4 nitrogen and oxygen atoms in total. The molecule has 0 aromatic heterocycles. The number of phenolic OH excluding ortho intramolecular Hbond substituents is 1. The number of benzene rings is 1. The van der Waals surface area contributed by atoms with Gasteiger partial charge in [0, 0.05) is 6.04 Å².